The Hall–Kier alpha value is -1.26. The highest BCUT2D eigenvalue weighted by Crippen LogP contribution is 2.15. The standard InChI is InChI=1S/C15H29N3O2/c1-6-12(7-2)16-17-13-8-10-18(11-9-13)14(19)20-15(3,4)5/h13,17H,6-11H2,1-5H3. The van der Waals surface area contributed by atoms with Gasteiger partial charge in [0.1, 0.15) is 5.60 Å². The van der Waals surface area contributed by atoms with Gasteiger partial charge in [-0.2, -0.15) is 5.10 Å². The van der Waals surface area contributed by atoms with Crippen molar-refractivity contribution in [2.24, 2.45) is 5.10 Å². The number of amides is 1. The minimum atomic E-state index is -0.423. The molecular weight excluding hydrogens is 254 g/mol. The largest absolute Gasteiger partial charge is 0.444 e. The van der Waals surface area contributed by atoms with Gasteiger partial charge in [0.2, 0.25) is 0 Å². The minimum Gasteiger partial charge on any atom is -0.444 e. The van der Waals surface area contributed by atoms with Crippen LogP contribution >= 0.6 is 0 Å². The summed E-state index contributed by atoms with van der Waals surface area (Å²) in [5.41, 5.74) is 4.01. The van der Waals surface area contributed by atoms with Crippen LogP contribution in [0.15, 0.2) is 5.10 Å². The first kappa shape index (κ1) is 16.8. The molecule has 1 fully saturated rings. The van der Waals surface area contributed by atoms with E-state index in [2.05, 4.69) is 24.4 Å². The molecule has 20 heavy (non-hydrogen) atoms. The molecule has 0 aliphatic carbocycles. The predicted molar refractivity (Wildman–Crippen MR) is 82.0 cm³/mol. The molecule has 5 nitrogen and oxygen atoms in total. The lowest BCUT2D eigenvalue weighted by atomic mass is 10.1. The van der Waals surface area contributed by atoms with Crippen molar-refractivity contribution in [3.63, 3.8) is 0 Å². The lowest BCUT2D eigenvalue weighted by molar-refractivity contribution is 0.0198. The van der Waals surface area contributed by atoms with Crippen LogP contribution in [0.25, 0.3) is 0 Å². The molecule has 1 heterocycles. The van der Waals surface area contributed by atoms with E-state index in [9.17, 15) is 4.79 Å². The summed E-state index contributed by atoms with van der Waals surface area (Å²) in [7, 11) is 0. The number of likely N-dealkylation sites (tertiary alicyclic amines) is 1. The lowest BCUT2D eigenvalue weighted by Gasteiger charge is -2.33. The number of hydrogen-bond donors (Lipinski definition) is 1. The fourth-order valence-corrected chi connectivity index (χ4v) is 2.11. The number of nitrogens with one attached hydrogen (secondary N) is 1. The summed E-state index contributed by atoms with van der Waals surface area (Å²) in [4.78, 5) is 13.7. The summed E-state index contributed by atoms with van der Waals surface area (Å²) in [6, 6.07) is 0.363. The second kappa shape index (κ2) is 7.50. The fourth-order valence-electron chi connectivity index (χ4n) is 2.11. The van der Waals surface area contributed by atoms with Gasteiger partial charge < -0.3 is 15.1 Å². The van der Waals surface area contributed by atoms with Crippen molar-refractivity contribution in [1.29, 1.82) is 0 Å². The van der Waals surface area contributed by atoms with Crippen molar-refractivity contribution in [3.05, 3.63) is 0 Å². The third-order valence-corrected chi connectivity index (χ3v) is 3.37. The number of ether oxygens (including phenoxy) is 1. The molecule has 0 atom stereocenters. The average molecular weight is 283 g/mol. The number of carbonyl (C=O) groups is 1. The van der Waals surface area contributed by atoms with Gasteiger partial charge in [-0.25, -0.2) is 4.79 Å². The molecule has 1 aliphatic heterocycles. The summed E-state index contributed by atoms with van der Waals surface area (Å²) in [5, 5.41) is 4.45. The first-order valence-corrected chi connectivity index (χ1v) is 7.64. The van der Waals surface area contributed by atoms with Crippen LogP contribution in [0, 0.1) is 0 Å². The smallest absolute Gasteiger partial charge is 0.410 e. The molecule has 0 radical (unpaired) electrons. The second-order valence-electron chi connectivity index (χ2n) is 6.26. The zero-order valence-electron chi connectivity index (χ0n) is 13.5. The molecule has 0 aromatic rings. The third kappa shape index (κ3) is 5.80. The summed E-state index contributed by atoms with van der Waals surface area (Å²) >= 11 is 0. The van der Waals surface area contributed by atoms with Gasteiger partial charge in [-0.15, -0.1) is 0 Å². The topological polar surface area (TPSA) is 53.9 Å². The number of carbonyl (C=O) groups excluding carboxylic acids is 1. The molecule has 1 N–H and O–H groups in total. The first-order valence-electron chi connectivity index (χ1n) is 7.64. The third-order valence-electron chi connectivity index (χ3n) is 3.37. The fraction of sp³-hybridized carbons (Fsp3) is 0.867. The van der Waals surface area contributed by atoms with Crippen molar-refractivity contribution in [3.8, 4) is 0 Å². The number of piperidine rings is 1. The lowest BCUT2D eigenvalue weighted by Crippen LogP contribution is -2.45. The molecule has 1 aliphatic rings. The van der Waals surface area contributed by atoms with E-state index < -0.39 is 5.60 Å². The van der Waals surface area contributed by atoms with E-state index in [-0.39, 0.29) is 6.09 Å². The normalized spacial score (nSPS) is 16.8. The van der Waals surface area contributed by atoms with Crippen LogP contribution < -0.4 is 5.43 Å². The predicted octanol–water partition coefficient (Wildman–Crippen LogP) is 3.15. The molecular formula is C15H29N3O2. The summed E-state index contributed by atoms with van der Waals surface area (Å²) in [6.45, 7) is 11.4. The molecule has 0 spiro atoms. The highest BCUT2D eigenvalue weighted by Gasteiger charge is 2.26. The summed E-state index contributed by atoms with van der Waals surface area (Å²) in [6.07, 6.45) is 3.61. The van der Waals surface area contributed by atoms with Crippen LogP contribution in [-0.2, 0) is 4.74 Å². The quantitative estimate of drug-likeness (QED) is 0.637. The highest BCUT2D eigenvalue weighted by molar-refractivity contribution is 5.83. The van der Waals surface area contributed by atoms with Gasteiger partial charge in [-0.3, -0.25) is 0 Å². The van der Waals surface area contributed by atoms with Crippen molar-refractivity contribution >= 4 is 11.8 Å². The van der Waals surface area contributed by atoms with Crippen molar-refractivity contribution in [1.82, 2.24) is 10.3 Å². The molecule has 0 aromatic carbocycles. The van der Waals surface area contributed by atoms with Gasteiger partial charge in [-0.1, -0.05) is 13.8 Å². The van der Waals surface area contributed by atoms with Crippen LogP contribution in [0.1, 0.15) is 60.3 Å². The monoisotopic (exact) mass is 283 g/mol. The van der Waals surface area contributed by atoms with E-state index in [1.54, 1.807) is 4.90 Å². The Kier molecular flexibility index (Phi) is 6.30. The van der Waals surface area contributed by atoms with E-state index in [0.29, 0.717) is 6.04 Å². The SMILES string of the molecule is CCC(CC)=NNC1CCN(C(=O)OC(C)(C)C)CC1. The number of hydrazone groups is 1. The summed E-state index contributed by atoms with van der Waals surface area (Å²) < 4.78 is 5.38. The molecule has 1 saturated heterocycles. The van der Waals surface area contributed by atoms with Gasteiger partial charge in [-0.05, 0) is 46.5 Å². The Morgan fingerprint density at radius 1 is 1.25 bits per heavy atom. The molecule has 1 rings (SSSR count). The van der Waals surface area contributed by atoms with Crippen molar-refractivity contribution in [2.45, 2.75) is 71.9 Å². The zero-order chi connectivity index (χ0) is 15.2. The van der Waals surface area contributed by atoms with Crippen LogP contribution in [0.3, 0.4) is 0 Å². The van der Waals surface area contributed by atoms with E-state index in [1.807, 2.05) is 20.8 Å². The highest BCUT2D eigenvalue weighted by atomic mass is 16.6. The maximum Gasteiger partial charge on any atom is 0.410 e. The minimum absolute atomic E-state index is 0.206. The number of nitrogens with zero attached hydrogens (tertiary/aromatic N) is 2. The van der Waals surface area contributed by atoms with Gasteiger partial charge in [0.25, 0.3) is 0 Å². The van der Waals surface area contributed by atoms with Crippen molar-refractivity contribution < 1.29 is 9.53 Å². The van der Waals surface area contributed by atoms with E-state index >= 15 is 0 Å². The molecule has 0 bridgehead atoms. The molecule has 0 unspecified atom stereocenters. The van der Waals surface area contributed by atoms with Crippen LogP contribution in [-0.4, -0.2) is 41.4 Å². The Labute approximate surface area is 122 Å². The van der Waals surface area contributed by atoms with Gasteiger partial charge in [0, 0.05) is 24.8 Å². The maximum absolute atomic E-state index is 11.9. The maximum atomic E-state index is 11.9. The Balaban J connectivity index is 2.36. The van der Waals surface area contributed by atoms with Crippen LogP contribution in [0.5, 0.6) is 0 Å². The van der Waals surface area contributed by atoms with Gasteiger partial charge in [0.15, 0.2) is 0 Å². The number of rotatable bonds is 4. The van der Waals surface area contributed by atoms with Crippen LogP contribution in [0.4, 0.5) is 4.79 Å². The van der Waals surface area contributed by atoms with Crippen LogP contribution in [0.2, 0.25) is 0 Å². The Morgan fingerprint density at radius 3 is 2.25 bits per heavy atom. The van der Waals surface area contributed by atoms with Gasteiger partial charge >= 0.3 is 6.09 Å². The molecule has 5 heteroatoms. The van der Waals surface area contributed by atoms with Gasteiger partial charge in [0.05, 0.1) is 0 Å². The molecule has 116 valence electrons. The van der Waals surface area contributed by atoms with Crippen molar-refractivity contribution in [2.75, 3.05) is 13.1 Å². The van der Waals surface area contributed by atoms with E-state index in [1.165, 1.54) is 5.71 Å². The average Bonchev–Trinajstić information content (AvgIpc) is 2.38. The first-order chi connectivity index (χ1) is 9.35. The van der Waals surface area contributed by atoms with E-state index in [4.69, 9.17) is 4.74 Å². The summed E-state index contributed by atoms with van der Waals surface area (Å²) in [5.74, 6) is 0. The van der Waals surface area contributed by atoms with E-state index in [0.717, 1.165) is 38.8 Å². The zero-order valence-corrected chi connectivity index (χ0v) is 13.5. The Bertz CT molecular complexity index is 334. The molecule has 0 aromatic heterocycles. The molecule has 0 saturated carbocycles. The second-order valence-corrected chi connectivity index (χ2v) is 6.26. The Morgan fingerprint density at radius 2 is 1.80 bits per heavy atom. The number of hydrogen-bond acceptors (Lipinski definition) is 4. The molecule has 1 amide bonds.